The standard InChI is InChI=1S/C11H9N3O3/c1-15-11-13-10-6(3-2-4-8(10)16-11)7-5-9(12)17-14-7/h2-5H,12H2,1H3. The third-order valence-corrected chi connectivity index (χ3v) is 2.38. The Morgan fingerprint density at radius 3 is 2.94 bits per heavy atom. The number of anilines is 1. The zero-order valence-corrected chi connectivity index (χ0v) is 9.01. The lowest BCUT2D eigenvalue weighted by Crippen LogP contribution is -1.82. The first-order valence-corrected chi connectivity index (χ1v) is 4.94. The van der Waals surface area contributed by atoms with Crippen LogP contribution in [0.1, 0.15) is 0 Å². The number of para-hydroxylation sites is 1. The average molecular weight is 231 g/mol. The van der Waals surface area contributed by atoms with Crippen LogP contribution < -0.4 is 10.5 Å². The van der Waals surface area contributed by atoms with Gasteiger partial charge in [-0.15, -0.1) is 0 Å². The highest BCUT2D eigenvalue weighted by Crippen LogP contribution is 2.30. The molecule has 2 heterocycles. The molecule has 0 atom stereocenters. The minimum absolute atomic E-state index is 0.212. The minimum Gasteiger partial charge on any atom is -0.453 e. The number of benzene rings is 1. The van der Waals surface area contributed by atoms with Crippen molar-refractivity contribution in [2.45, 2.75) is 0 Å². The van der Waals surface area contributed by atoms with E-state index < -0.39 is 0 Å². The zero-order valence-electron chi connectivity index (χ0n) is 9.01. The van der Waals surface area contributed by atoms with Crippen LogP contribution in [0.25, 0.3) is 22.4 Å². The molecule has 6 nitrogen and oxygen atoms in total. The van der Waals surface area contributed by atoms with Gasteiger partial charge < -0.3 is 19.4 Å². The highest BCUT2D eigenvalue weighted by Gasteiger charge is 2.13. The summed E-state index contributed by atoms with van der Waals surface area (Å²) in [5.74, 6) is 0.257. The average Bonchev–Trinajstić information content (AvgIpc) is 2.93. The van der Waals surface area contributed by atoms with E-state index in [9.17, 15) is 0 Å². The third kappa shape index (κ3) is 1.50. The molecule has 86 valence electrons. The number of fused-ring (bicyclic) bond motifs is 1. The summed E-state index contributed by atoms with van der Waals surface area (Å²) in [5.41, 5.74) is 8.19. The van der Waals surface area contributed by atoms with Gasteiger partial charge in [-0.05, 0) is 6.07 Å². The Hall–Kier alpha value is -2.50. The van der Waals surface area contributed by atoms with E-state index >= 15 is 0 Å². The minimum atomic E-state index is 0.212. The first kappa shape index (κ1) is 9.71. The van der Waals surface area contributed by atoms with E-state index in [1.165, 1.54) is 7.11 Å². The van der Waals surface area contributed by atoms with Crippen molar-refractivity contribution in [2.75, 3.05) is 12.8 Å². The number of nitrogen functional groups attached to an aromatic ring is 1. The molecule has 1 aromatic carbocycles. The van der Waals surface area contributed by atoms with Crippen molar-refractivity contribution in [1.82, 2.24) is 10.1 Å². The van der Waals surface area contributed by atoms with Crippen molar-refractivity contribution in [3.63, 3.8) is 0 Å². The summed E-state index contributed by atoms with van der Waals surface area (Å²) in [6.45, 7) is 0. The van der Waals surface area contributed by atoms with Gasteiger partial charge >= 0.3 is 6.08 Å². The molecule has 0 aliphatic rings. The number of hydrogen-bond acceptors (Lipinski definition) is 6. The van der Waals surface area contributed by atoms with Crippen LogP contribution in [0, 0.1) is 0 Å². The van der Waals surface area contributed by atoms with Crippen LogP contribution in [0.2, 0.25) is 0 Å². The predicted octanol–water partition coefficient (Wildman–Crippen LogP) is 2.07. The number of aromatic nitrogens is 2. The quantitative estimate of drug-likeness (QED) is 0.726. The van der Waals surface area contributed by atoms with Crippen LogP contribution in [-0.2, 0) is 0 Å². The number of rotatable bonds is 2. The summed E-state index contributed by atoms with van der Waals surface area (Å²) in [6, 6.07) is 7.14. The monoisotopic (exact) mass is 231 g/mol. The van der Waals surface area contributed by atoms with E-state index in [0.29, 0.717) is 16.8 Å². The van der Waals surface area contributed by atoms with E-state index in [-0.39, 0.29) is 12.0 Å². The van der Waals surface area contributed by atoms with E-state index in [4.69, 9.17) is 19.4 Å². The molecule has 3 aromatic rings. The van der Waals surface area contributed by atoms with Crippen LogP contribution in [0.5, 0.6) is 6.08 Å². The van der Waals surface area contributed by atoms with Crippen molar-refractivity contribution < 1.29 is 13.7 Å². The van der Waals surface area contributed by atoms with Crippen molar-refractivity contribution >= 4 is 17.0 Å². The second-order valence-electron chi connectivity index (χ2n) is 3.45. The van der Waals surface area contributed by atoms with Crippen molar-refractivity contribution in [1.29, 1.82) is 0 Å². The highest BCUT2D eigenvalue weighted by atomic mass is 16.6. The van der Waals surface area contributed by atoms with E-state index in [1.807, 2.05) is 12.1 Å². The molecule has 0 saturated heterocycles. The first-order chi connectivity index (χ1) is 8.28. The Morgan fingerprint density at radius 1 is 1.35 bits per heavy atom. The van der Waals surface area contributed by atoms with Crippen molar-refractivity contribution in [3.8, 4) is 17.3 Å². The number of nitrogens with zero attached hydrogens (tertiary/aromatic N) is 2. The van der Waals surface area contributed by atoms with E-state index in [2.05, 4.69) is 10.1 Å². The largest absolute Gasteiger partial charge is 0.453 e. The van der Waals surface area contributed by atoms with Crippen LogP contribution in [0.3, 0.4) is 0 Å². The predicted molar refractivity (Wildman–Crippen MR) is 60.5 cm³/mol. The number of methoxy groups -OCH3 is 1. The Balaban J connectivity index is 2.25. The highest BCUT2D eigenvalue weighted by molar-refractivity contribution is 5.90. The van der Waals surface area contributed by atoms with Gasteiger partial charge in [-0.3, -0.25) is 0 Å². The van der Waals surface area contributed by atoms with Crippen molar-refractivity contribution in [3.05, 3.63) is 24.3 Å². The second kappa shape index (κ2) is 3.51. The van der Waals surface area contributed by atoms with Crippen LogP contribution in [0.4, 0.5) is 5.88 Å². The lowest BCUT2D eigenvalue weighted by atomic mass is 10.1. The summed E-state index contributed by atoms with van der Waals surface area (Å²) >= 11 is 0. The summed E-state index contributed by atoms with van der Waals surface area (Å²) in [6.07, 6.45) is 0.212. The molecule has 0 saturated carbocycles. The Bertz CT molecular complexity index is 671. The van der Waals surface area contributed by atoms with Gasteiger partial charge in [-0.25, -0.2) is 0 Å². The van der Waals surface area contributed by atoms with Gasteiger partial charge in [0.1, 0.15) is 11.2 Å². The third-order valence-electron chi connectivity index (χ3n) is 2.38. The molecular weight excluding hydrogens is 222 g/mol. The molecule has 2 N–H and O–H groups in total. The zero-order chi connectivity index (χ0) is 11.8. The second-order valence-corrected chi connectivity index (χ2v) is 3.45. The number of ether oxygens (including phenoxy) is 1. The fourth-order valence-corrected chi connectivity index (χ4v) is 1.64. The van der Waals surface area contributed by atoms with Gasteiger partial charge in [0.15, 0.2) is 5.58 Å². The number of oxazole rings is 1. The smallest absolute Gasteiger partial charge is 0.394 e. The molecule has 0 spiro atoms. The van der Waals surface area contributed by atoms with E-state index in [1.54, 1.807) is 12.1 Å². The van der Waals surface area contributed by atoms with Gasteiger partial charge in [0.25, 0.3) is 0 Å². The Labute approximate surface area is 96.0 Å². The summed E-state index contributed by atoms with van der Waals surface area (Å²) in [5, 5.41) is 3.85. The van der Waals surface area contributed by atoms with Crippen molar-refractivity contribution in [2.24, 2.45) is 0 Å². The fourth-order valence-electron chi connectivity index (χ4n) is 1.64. The summed E-state index contributed by atoms with van der Waals surface area (Å²) in [4.78, 5) is 4.21. The number of hydrogen-bond donors (Lipinski definition) is 1. The van der Waals surface area contributed by atoms with Gasteiger partial charge in [-0.1, -0.05) is 17.3 Å². The maximum Gasteiger partial charge on any atom is 0.394 e. The molecule has 0 fully saturated rings. The molecule has 2 aromatic heterocycles. The van der Waals surface area contributed by atoms with E-state index in [0.717, 1.165) is 5.56 Å². The normalized spacial score (nSPS) is 10.9. The molecule has 17 heavy (non-hydrogen) atoms. The molecule has 0 unspecified atom stereocenters. The maximum atomic E-state index is 5.49. The lowest BCUT2D eigenvalue weighted by molar-refractivity contribution is 0.299. The summed E-state index contributed by atoms with van der Waals surface area (Å²) < 4.78 is 15.2. The lowest BCUT2D eigenvalue weighted by Gasteiger charge is -1.94. The SMILES string of the molecule is COc1nc2c(-c3cc(N)on3)cccc2o1. The molecule has 0 aliphatic carbocycles. The van der Waals surface area contributed by atoms with Crippen LogP contribution in [0.15, 0.2) is 33.2 Å². The number of nitrogens with two attached hydrogens (primary N) is 1. The van der Waals surface area contributed by atoms with Gasteiger partial charge in [0.05, 0.1) is 7.11 Å². The first-order valence-electron chi connectivity index (χ1n) is 4.94. The molecule has 0 radical (unpaired) electrons. The molecule has 0 aliphatic heterocycles. The summed E-state index contributed by atoms with van der Waals surface area (Å²) in [7, 11) is 1.50. The molecule has 3 rings (SSSR count). The van der Waals surface area contributed by atoms with Gasteiger partial charge in [0, 0.05) is 11.6 Å². The fraction of sp³-hybridized carbons (Fsp3) is 0.0909. The van der Waals surface area contributed by atoms with Crippen LogP contribution in [-0.4, -0.2) is 17.3 Å². The van der Waals surface area contributed by atoms with Gasteiger partial charge in [0.2, 0.25) is 5.88 Å². The molecule has 0 bridgehead atoms. The Morgan fingerprint density at radius 2 is 2.24 bits per heavy atom. The Kier molecular flexibility index (Phi) is 2.01. The van der Waals surface area contributed by atoms with Crippen LogP contribution >= 0.6 is 0 Å². The molecular formula is C11H9N3O3. The molecule has 0 amide bonds. The maximum absolute atomic E-state index is 5.49. The topological polar surface area (TPSA) is 87.3 Å². The van der Waals surface area contributed by atoms with Gasteiger partial charge in [-0.2, -0.15) is 4.98 Å². The molecule has 6 heteroatoms.